The van der Waals surface area contributed by atoms with E-state index in [1.165, 1.54) is 38.9 Å². The van der Waals surface area contributed by atoms with Crippen LogP contribution in [0.5, 0.6) is 0 Å². The first-order valence-electron chi connectivity index (χ1n) is 22.5. The maximum atomic E-state index is 3.82. The van der Waals surface area contributed by atoms with Crippen molar-refractivity contribution < 1.29 is 0 Å². The summed E-state index contributed by atoms with van der Waals surface area (Å²) in [5.41, 5.74) is 22.5. The van der Waals surface area contributed by atoms with Crippen molar-refractivity contribution in [3.8, 4) is 55.6 Å². The van der Waals surface area contributed by atoms with E-state index in [2.05, 4.69) is 278 Å². The molecule has 0 bridgehead atoms. The van der Waals surface area contributed by atoms with Gasteiger partial charge in [-0.2, -0.15) is 0 Å². The molecule has 0 aliphatic heterocycles. The SMILES string of the molecule is Cc1cccc(Nc2ccc(Nc3ccc(-c4ccc(Nc5ccc(Nc6cccc(C)c6-c6ccccc6)cc5)c(-c5ccccc5)c4-c4ccccc4)cc3)cc2)c1-c1ccccc1. The van der Waals surface area contributed by atoms with Crippen LogP contribution in [0.25, 0.3) is 55.6 Å². The van der Waals surface area contributed by atoms with Crippen LogP contribution < -0.4 is 21.3 Å². The lowest BCUT2D eigenvalue weighted by molar-refractivity contribution is 1.43. The minimum atomic E-state index is 1.00. The summed E-state index contributed by atoms with van der Waals surface area (Å²) in [7, 11) is 0. The van der Waals surface area contributed by atoms with Gasteiger partial charge in [0.1, 0.15) is 0 Å². The van der Waals surface area contributed by atoms with Gasteiger partial charge in [0.15, 0.2) is 0 Å². The average Bonchev–Trinajstić information content (AvgIpc) is 3.36. The first-order valence-corrected chi connectivity index (χ1v) is 22.5. The van der Waals surface area contributed by atoms with Gasteiger partial charge in [0.2, 0.25) is 0 Å². The number of hydrogen-bond donors (Lipinski definition) is 4. The first kappa shape index (κ1) is 41.4. The third kappa shape index (κ3) is 9.08. The largest absolute Gasteiger partial charge is 0.356 e. The molecule has 0 fully saturated rings. The van der Waals surface area contributed by atoms with Gasteiger partial charge in [0.25, 0.3) is 0 Å². The molecule has 0 aliphatic rings. The lowest BCUT2D eigenvalue weighted by atomic mass is 9.86. The van der Waals surface area contributed by atoms with Gasteiger partial charge in [-0.1, -0.05) is 164 Å². The molecule has 0 aromatic heterocycles. The van der Waals surface area contributed by atoms with Crippen molar-refractivity contribution in [1.29, 1.82) is 0 Å². The van der Waals surface area contributed by atoms with Gasteiger partial charge in [0.05, 0.1) is 0 Å². The lowest BCUT2D eigenvalue weighted by Gasteiger charge is -2.21. The quantitative estimate of drug-likeness (QED) is 0.0933. The fourth-order valence-electron chi connectivity index (χ4n) is 8.92. The highest BCUT2D eigenvalue weighted by atomic mass is 14.9. The van der Waals surface area contributed by atoms with Crippen LogP contribution >= 0.6 is 0 Å². The van der Waals surface area contributed by atoms with Gasteiger partial charge in [-0.25, -0.2) is 0 Å². The Hall–Kier alpha value is -8.60. The highest BCUT2D eigenvalue weighted by molar-refractivity contribution is 6.01. The average molecular weight is 851 g/mol. The summed E-state index contributed by atoms with van der Waals surface area (Å²) in [5, 5.41) is 14.8. The number of nitrogens with one attached hydrogen (secondary N) is 4. The molecule has 0 heterocycles. The van der Waals surface area contributed by atoms with Crippen LogP contribution in [0.2, 0.25) is 0 Å². The Morgan fingerprint density at radius 2 is 0.530 bits per heavy atom. The second-order valence-corrected chi connectivity index (χ2v) is 16.6. The molecule has 0 unspecified atom stereocenters. The summed E-state index contributed by atoms with van der Waals surface area (Å²) in [6, 6.07) is 85.7. The van der Waals surface area contributed by atoms with Crippen molar-refractivity contribution in [2.45, 2.75) is 13.8 Å². The van der Waals surface area contributed by atoms with Crippen molar-refractivity contribution in [1.82, 2.24) is 0 Å². The molecule has 0 saturated carbocycles. The molecule has 10 aromatic rings. The smallest absolute Gasteiger partial charge is 0.0470 e. The number of benzene rings is 10. The van der Waals surface area contributed by atoms with E-state index < -0.39 is 0 Å². The fraction of sp³-hybridized carbons (Fsp3) is 0.0323. The predicted octanol–water partition coefficient (Wildman–Crippen LogP) is 17.6. The zero-order chi connectivity index (χ0) is 44.7. The molecule has 10 aromatic carbocycles. The Balaban J connectivity index is 0.919. The Bertz CT molecular complexity index is 3200. The van der Waals surface area contributed by atoms with E-state index in [0.717, 1.165) is 73.3 Å². The van der Waals surface area contributed by atoms with Crippen LogP contribution in [0.15, 0.2) is 243 Å². The first-order chi connectivity index (χ1) is 32.5. The summed E-state index contributed by atoms with van der Waals surface area (Å²) in [6.07, 6.45) is 0. The van der Waals surface area contributed by atoms with Crippen molar-refractivity contribution in [3.05, 3.63) is 254 Å². The minimum absolute atomic E-state index is 1.00. The topological polar surface area (TPSA) is 48.1 Å². The van der Waals surface area contributed by atoms with Gasteiger partial charge in [-0.15, -0.1) is 0 Å². The number of aryl methyl sites for hydroxylation is 2. The van der Waals surface area contributed by atoms with Crippen molar-refractivity contribution >= 4 is 45.5 Å². The summed E-state index contributed by atoms with van der Waals surface area (Å²) in [6.45, 7) is 4.33. The summed E-state index contributed by atoms with van der Waals surface area (Å²) in [4.78, 5) is 0. The molecular formula is C62H50N4. The molecule has 66 heavy (non-hydrogen) atoms. The van der Waals surface area contributed by atoms with Crippen LogP contribution in [-0.4, -0.2) is 0 Å². The van der Waals surface area contributed by atoms with Crippen molar-refractivity contribution in [2.75, 3.05) is 21.3 Å². The zero-order valence-corrected chi connectivity index (χ0v) is 37.1. The maximum absolute atomic E-state index is 3.82. The van der Waals surface area contributed by atoms with E-state index in [9.17, 15) is 0 Å². The van der Waals surface area contributed by atoms with E-state index in [1.54, 1.807) is 0 Å². The Morgan fingerprint density at radius 3 is 0.924 bits per heavy atom. The molecule has 0 aliphatic carbocycles. The Labute approximate surface area is 388 Å². The van der Waals surface area contributed by atoms with Crippen LogP contribution in [0.4, 0.5) is 45.5 Å². The number of rotatable bonds is 13. The molecule has 4 N–H and O–H groups in total. The summed E-state index contributed by atoms with van der Waals surface area (Å²) >= 11 is 0. The molecule has 4 nitrogen and oxygen atoms in total. The van der Waals surface area contributed by atoms with Gasteiger partial charge in [0, 0.05) is 62.2 Å². The molecular weight excluding hydrogens is 801 g/mol. The third-order valence-electron chi connectivity index (χ3n) is 12.1. The van der Waals surface area contributed by atoms with E-state index in [1.807, 2.05) is 0 Å². The van der Waals surface area contributed by atoms with Gasteiger partial charge >= 0.3 is 0 Å². The lowest BCUT2D eigenvalue weighted by Crippen LogP contribution is -1.99. The normalized spacial score (nSPS) is 10.9. The Morgan fingerprint density at radius 1 is 0.212 bits per heavy atom. The molecule has 0 atom stereocenters. The van der Waals surface area contributed by atoms with Crippen LogP contribution in [0, 0.1) is 13.8 Å². The Kier molecular flexibility index (Phi) is 11.9. The third-order valence-corrected chi connectivity index (χ3v) is 12.1. The molecule has 318 valence electrons. The maximum Gasteiger partial charge on any atom is 0.0470 e. The summed E-state index contributed by atoms with van der Waals surface area (Å²) in [5.74, 6) is 0. The second kappa shape index (κ2) is 19.0. The van der Waals surface area contributed by atoms with E-state index >= 15 is 0 Å². The molecule has 0 amide bonds. The molecule has 10 rings (SSSR count). The van der Waals surface area contributed by atoms with E-state index in [-0.39, 0.29) is 0 Å². The summed E-state index contributed by atoms with van der Waals surface area (Å²) < 4.78 is 0. The highest BCUT2D eigenvalue weighted by Gasteiger charge is 2.19. The van der Waals surface area contributed by atoms with Crippen LogP contribution in [0.1, 0.15) is 11.1 Å². The second-order valence-electron chi connectivity index (χ2n) is 16.6. The fourth-order valence-corrected chi connectivity index (χ4v) is 8.92. The van der Waals surface area contributed by atoms with Crippen LogP contribution in [0.3, 0.4) is 0 Å². The molecule has 0 spiro atoms. The van der Waals surface area contributed by atoms with Crippen LogP contribution in [-0.2, 0) is 0 Å². The number of hydrogen-bond acceptors (Lipinski definition) is 4. The van der Waals surface area contributed by atoms with Crippen molar-refractivity contribution in [2.24, 2.45) is 0 Å². The standard InChI is InChI=1S/C62H50N4/c1-43-17-15-27-56(59(43)46-19-7-3-8-20-46)64-52-35-33-51(34-36-52)63-50-31-29-45(30-32-50)55-41-42-58(62(49-25-13-6-14-26-49)61(55)48-23-11-5-12-24-48)66-54-39-37-53(38-40-54)65-57-28-16-18-44(2)60(57)47-21-9-4-10-22-47/h3-42,63-66H,1-2H3. The molecule has 0 saturated heterocycles. The van der Waals surface area contributed by atoms with Gasteiger partial charge < -0.3 is 21.3 Å². The van der Waals surface area contributed by atoms with E-state index in [0.29, 0.717) is 0 Å². The van der Waals surface area contributed by atoms with E-state index in [4.69, 9.17) is 0 Å². The highest BCUT2D eigenvalue weighted by Crippen LogP contribution is 2.46. The predicted molar refractivity (Wildman–Crippen MR) is 282 cm³/mol. The minimum Gasteiger partial charge on any atom is -0.356 e. The zero-order valence-electron chi connectivity index (χ0n) is 37.1. The van der Waals surface area contributed by atoms with Gasteiger partial charge in [-0.3, -0.25) is 0 Å². The monoisotopic (exact) mass is 850 g/mol. The number of anilines is 8. The van der Waals surface area contributed by atoms with Crippen molar-refractivity contribution in [3.63, 3.8) is 0 Å². The molecule has 0 radical (unpaired) electrons. The molecule has 4 heteroatoms. The van der Waals surface area contributed by atoms with Gasteiger partial charge in [-0.05, 0) is 143 Å².